The normalized spacial score (nSPS) is 39.1. The lowest BCUT2D eigenvalue weighted by atomic mass is 10.1. The number of halogens is 1. The number of aromatic nitrogens is 3. The maximum atomic E-state index is 14.5. The molecule has 106 valence electrons. The standard InChI is InChI=1S/C12H13FN4O3/c13-9-8(20-11(4-18)3-12(9,11)19)6-1-2-7-10(14)15-5-16-17(6)7/h1-2,5,8-9,18-19H,3-4H2,(H2,14,15,16)/t8-,9-,11+,12-/m0/s1. The second-order valence-corrected chi connectivity index (χ2v) is 5.39. The molecule has 0 spiro atoms. The summed E-state index contributed by atoms with van der Waals surface area (Å²) in [5.41, 5.74) is 3.90. The molecule has 2 aliphatic rings. The topological polar surface area (TPSA) is 106 Å². The molecule has 1 aliphatic heterocycles. The summed E-state index contributed by atoms with van der Waals surface area (Å²) in [6.07, 6.45) is -1.23. The van der Waals surface area contributed by atoms with Gasteiger partial charge in [0.2, 0.25) is 0 Å². The van der Waals surface area contributed by atoms with Crippen molar-refractivity contribution >= 4 is 11.3 Å². The summed E-state index contributed by atoms with van der Waals surface area (Å²) in [5.74, 6) is 0.278. The van der Waals surface area contributed by atoms with Crippen molar-refractivity contribution in [3.8, 4) is 0 Å². The summed E-state index contributed by atoms with van der Waals surface area (Å²) in [6.45, 7) is -0.416. The Kier molecular flexibility index (Phi) is 2.08. The largest absolute Gasteiger partial charge is 0.393 e. The maximum absolute atomic E-state index is 14.5. The quantitative estimate of drug-likeness (QED) is 0.690. The molecule has 2 fully saturated rings. The maximum Gasteiger partial charge on any atom is 0.163 e. The Morgan fingerprint density at radius 3 is 3.05 bits per heavy atom. The van der Waals surface area contributed by atoms with Crippen LogP contribution in [0.5, 0.6) is 0 Å². The molecule has 20 heavy (non-hydrogen) atoms. The van der Waals surface area contributed by atoms with E-state index in [2.05, 4.69) is 10.1 Å². The molecule has 4 atom stereocenters. The lowest BCUT2D eigenvalue weighted by Gasteiger charge is -2.18. The van der Waals surface area contributed by atoms with E-state index < -0.39 is 30.1 Å². The molecule has 0 amide bonds. The van der Waals surface area contributed by atoms with Crippen LogP contribution in [0.2, 0.25) is 0 Å². The van der Waals surface area contributed by atoms with Crippen molar-refractivity contribution in [2.24, 2.45) is 0 Å². The summed E-state index contributed by atoms with van der Waals surface area (Å²) in [7, 11) is 0. The van der Waals surface area contributed by atoms with E-state index in [1.807, 2.05) is 0 Å². The van der Waals surface area contributed by atoms with Gasteiger partial charge in [0.05, 0.1) is 12.3 Å². The van der Waals surface area contributed by atoms with Crippen LogP contribution >= 0.6 is 0 Å². The molecule has 4 rings (SSSR count). The molecule has 0 unspecified atom stereocenters. The predicted molar refractivity (Wildman–Crippen MR) is 65.5 cm³/mol. The van der Waals surface area contributed by atoms with Gasteiger partial charge >= 0.3 is 0 Å². The second-order valence-electron chi connectivity index (χ2n) is 5.39. The highest BCUT2D eigenvalue weighted by Gasteiger charge is 2.80. The van der Waals surface area contributed by atoms with Crippen molar-refractivity contribution in [3.63, 3.8) is 0 Å². The monoisotopic (exact) mass is 280 g/mol. The van der Waals surface area contributed by atoms with Crippen molar-refractivity contribution in [1.82, 2.24) is 14.6 Å². The fourth-order valence-corrected chi connectivity index (χ4v) is 3.07. The van der Waals surface area contributed by atoms with E-state index in [4.69, 9.17) is 10.5 Å². The summed E-state index contributed by atoms with van der Waals surface area (Å²) < 4.78 is 21.5. The summed E-state index contributed by atoms with van der Waals surface area (Å²) >= 11 is 0. The number of nitrogens with two attached hydrogens (primary N) is 1. The molecule has 0 bridgehead atoms. The van der Waals surface area contributed by atoms with Gasteiger partial charge in [-0.15, -0.1) is 0 Å². The minimum absolute atomic E-state index is 0.106. The van der Waals surface area contributed by atoms with Crippen LogP contribution in [-0.2, 0) is 4.74 Å². The van der Waals surface area contributed by atoms with Crippen LogP contribution in [0.25, 0.3) is 5.52 Å². The number of alkyl halides is 1. The molecule has 7 nitrogen and oxygen atoms in total. The molecule has 2 aromatic heterocycles. The fourth-order valence-electron chi connectivity index (χ4n) is 3.07. The van der Waals surface area contributed by atoms with Gasteiger partial charge in [-0.25, -0.2) is 13.9 Å². The zero-order chi connectivity index (χ0) is 14.1. The lowest BCUT2D eigenvalue weighted by molar-refractivity contribution is -0.0465. The van der Waals surface area contributed by atoms with Crippen molar-refractivity contribution in [2.45, 2.75) is 29.9 Å². The van der Waals surface area contributed by atoms with Crippen molar-refractivity contribution in [2.75, 3.05) is 12.3 Å². The van der Waals surface area contributed by atoms with Gasteiger partial charge in [-0.1, -0.05) is 0 Å². The molecule has 8 heteroatoms. The van der Waals surface area contributed by atoms with E-state index >= 15 is 0 Å². The first-order chi connectivity index (χ1) is 9.52. The fraction of sp³-hybridized carbons (Fsp3) is 0.500. The molecule has 1 aliphatic carbocycles. The van der Waals surface area contributed by atoms with Crippen LogP contribution in [0.15, 0.2) is 18.5 Å². The van der Waals surface area contributed by atoms with Crippen LogP contribution in [-0.4, -0.2) is 48.8 Å². The number of aliphatic hydroxyl groups excluding tert-OH is 1. The minimum atomic E-state index is -1.62. The molecule has 0 aromatic carbocycles. The smallest absolute Gasteiger partial charge is 0.163 e. The summed E-state index contributed by atoms with van der Waals surface area (Å²) in [4.78, 5) is 3.86. The van der Waals surface area contributed by atoms with Crippen LogP contribution in [0.1, 0.15) is 18.2 Å². The van der Waals surface area contributed by atoms with E-state index in [0.29, 0.717) is 11.2 Å². The van der Waals surface area contributed by atoms with Gasteiger partial charge in [-0.3, -0.25) is 0 Å². The van der Waals surface area contributed by atoms with Crippen LogP contribution in [0.4, 0.5) is 10.2 Å². The Labute approximate surface area is 112 Å². The summed E-state index contributed by atoms with van der Waals surface area (Å²) in [6, 6.07) is 3.30. The number of nitrogen functional groups attached to an aromatic ring is 1. The average molecular weight is 280 g/mol. The molecular formula is C12H13FN4O3. The Morgan fingerprint density at radius 1 is 1.55 bits per heavy atom. The lowest BCUT2D eigenvalue weighted by Crippen LogP contribution is -2.30. The second kappa shape index (κ2) is 3.46. The molecule has 2 aromatic rings. The van der Waals surface area contributed by atoms with E-state index in [-0.39, 0.29) is 12.2 Å². The highest BCUT2D eigenvalue weighted by molar-refractivity contribution is 5.65. The third-order valence-corrected chi connectivity index (χ3v) is 4.35. The van der Waals surface area contributed by atoms with E-state index in [9.17, 15) is 14.6 Å². The highest BCUT2D eigenvalue weighted by Crippen LogP contribution is 2.64. The molecule has 1 saturated carbocycles. The van der Waals surface area contributed by atoms with Gasteiger partial charge in [0, 0.05) is 6.42 Å². The van der Waals surface area contributed by atoms with Gasteiger partial charge < -0.3 is 20.7 Å². The first kappa shape index (κ1) is 12.0. The van der Waals surface area contributed by atoms with Crippen LogP contribution in [0.3, 0.4) is 0 Å². The zero-order valence-electron chi connectivity index (χ0n) is 10.4. The Bertz CT molecular complexity index is 705. The van der Waals surface area contributed by atoms with Gasteiger partial charge in [0.25, 0.3) is 0 Å². The van der Waals surface area contributed by atoms with E-state index in [0.717, 1.165) is 0 Å². The number of nitrogens with zero attached hydrogens (tertiary/aromatic N) is 3. The van der Waals surface area contributed by atoms with E-state index in [1.54, 1.807) is 12.1 Å². The van der Waals surface area contributed by atoms with Crippen LogP contribution < -0.4 is 5.73 Å². The number of hydrogen-bond donors (Lipinski definition) is 3. The number of fused-ring (bicyclic) bond motifs is 2. The predicted octanol–water partition coefficient (Wildman–Crippen LogP) is -0.413. The number of ether oxygens (including phenoxy) is 1. The average Bonchev–Trinajstić information content (AvgIpc) is 2.76. The Hall–Kier alpha value is -1.77. The van der Waals surface area contributed by atoms with Gasteiger partial charge in [-0.2, -0.15) is 5.10 Å². The number of hydrogen-bond acceptors (Lipinski definition) is 6. The van der Waals surface area contributed by atoms with Gasteiger partial charge in [0.15, 0.2) is 12.0 Å². The third kappa shape index (κ3) is 1.19. The first-order valence-corrected chi connectivity index (χ1v) is 6.26. The van der Waals surface area contributed by atoms with Crippen molar-refractivity contribution < 1.29 is 19.3 Å². The molecule has 3 heterocycles. The Balaban J connectivity index is 1.80. The van der Waals surface area contributed by atoms with Crippen molar-refractivity contribution in [1.29, 1.82) is 0 Å². The molecule has 1 saturated heterocycles. The SMILES string of the molecule is Nc1ncnn2c([C@@H]3O[C@@]4(CO)C[C@]4(O)[C@H]3F)ccc12. The first-order valence-electron chi connectivity index (χ1n) is 6.26. The van der Waals surface area contributed by atoms with E-state index in [1.165, 1.54) is 10.8 Å². The zero-order valence-corrected chi connectivity index (χ0v) is 10.4. The highest BCUT2D eigenvalue weighted by atomic mass is 19.1. The Morgan fingerprint density at radius 2 is 2.35 bits per heavy atom. The third-order valence-electron chi connectivity index (χ3n) is 4.35. The summed E-state index contributed by atoms with van der Waals surface area (Å²) in [5, 5.41) is 23.5. The van der Waals surface area contributed by atoms with Gasteiger partial charge in [-0.05, 0) is 12.1 Å². The molecule has 4 N–H and O–H groups in total. The van der Waals surface area contributed by atoms with Crippen LogP contribution in [0, 0.1) is 0 Å². The number of aliphatic hydroxyl groups is 2. The number of anilines is 1. The van der Waals surface area contributed by atoms with Crippen molar-refractivity contribution in [3.05, 3.63) is 24.2 Å². The minimum Gasteiger partial charge on any atom is -0.393 e. The molecular weight excluding hydrogens is 267 g/mol. The van der Waals surface area contributed by atoms with Gasteiger partial charge in [0.1, 0.15) is 29.2 Å². The number of rotatable bonds is 2. The molecule has 0 radical (unpaired) electrons.